The molecule has 0 fully saturated rings. The lowest BCUT2D eigenvalue weighted by molar-refractivity contribution is -0.130. The lowest BCUT2D eigenvalue weighted by Gasteiger charge is -2.26. The molecule has 3 amide bonds. The van der Waals surface area contributed by atoms with E-state index in [2.05, 4.69) is 0 Å². The van der Waals surface area contributed by atoms with E-state index in [9.17, 15) is 14.4 Å². The van der Waals surface area contributed by atoms with Gasteiger partial charge in [-0.25, -0.2) is 5.48 Å². The molecule has 1 atom stereocenters. The second-order valence-electron chi connectivity index (χ2n) is 6.12. The Kier molecular flexibility index (Phi) is 5.18. The van der Waals surface area contributed by atoms with Gasteiger partial charge in [0, 0.05) is 5.69 Å². The first-order chi connectivity index (χ1) is 13.4. The Morgan fingerprint density at radius 2 is 1.86 bits per heavy atom. The third kappa shape index (κ3) is 3.12. The molecule has 0 saturated heterocycles. The van der Waals surface area contributed by atoms with E-state index in [1.165, 1.54) is 31.8 Å². The van der Waals surface area contributed by atoms with Crippen LogP contribution in [0.25, 0.3) is 0 Å². The number of nitrogen functional groups attached to an aromatic ring is 1. The number of benzene rings is 2. The topological polar surface area (TPSA) is 131 Å². The molecular weight excluding hydrogens is 366 g/mol. The number of imide groups is 1. The summed E-state index contributed by atoms with van der Waals surface area (Å²) < 4.78 is 10.5. The van der Waals surface area contributed by atoms with Gasteiger partial charge in [-0.15, -0.1) is 0 Å². The Hall–Kier alpha value is -3.59. The van der Waals surface area contributed by atoms with E-state index in [1.54, 1.807) is 24.3 Å². The molecule has 146 valence electrons. The van der Waals surface area contributed by atoms with Crippen molar-refractivity contribution in [1.29, 1.82) is 0 Å². The standard InChI is InChI=1S/C19H19N3O6/c1-27-14-7-6-10(8-15(14)28-2)13(9-16(23)21-26)22-18(24)11-4-3-5-12(20)17(11)19(22)25/h3-8,13,26H,9,20H2,1-2H3,(H,21,23). The first kappa shape index (κ1) is 19.2. The zero-order valence-electron chi connectivity index (χ0n) is 15.3. The summed E-state index contributed by atoms with van der Waals surface area (Å²) in [6, 6.07) is 8.41. The van der Waals surface area contributed by atoms with Gasteiger partial charge in [-0.3, -0.25) is 24.5 Å². The van der Waals surface area contributed by atoms with Crippen molar-refractivity contribution in [1.82, 2.24) is 10.4 Å². The summed E-state index contributed by atoms with van der Waals surface area (Å²) in [5.41, 5.74) is 8.31. The molecule has 0 saturated carbocycles. The number of nitrogens with one attached hydrogen (secondary N) is 1. The monoisotopic (exact) mass is 385 g/mol. The summed E-state index contributed by atoms with van der Waals surface area (Å²) in [7, 11) is 2.92. The van der Waals surface area contributed by atoms with E-state index >= 15 is 0 Å². The number of nitrogens with two attached hydrogens (primary N) is 1. The van der Waals surface area contributed by atoms with Gasteiger partial charge in [0.05, 0.1) is 37.8 Å². The molecule has 0 aromatic heterocycles. The van der Waals surface area contributed by atoms with Gasteiger partial charge in [-0.1, -0.05) is 12.1 Å². The van der Waals surface area contributed by atoms with E-state index in [4.69, 9.17) is 20.4 Å². The molecule has 1 heterocycles. The van der Waals surface area contributed by atoms with E-state index in [-0.39, 0.29) is 23.2 Å². The van der Waals surface area contributed by atoms with E-state index < -0.39 is 23.8 Å². The van der Waals surface area contributed by atoms with Gasteiger partial charge >= 0.3 is 0 Å². The van der Waals surface area contributed by atoms with Crippen LogP contribution in [0.4, 0.5) is 5.69 Å². The number of carbonyl (C=O) groups is 3. The maximum atomic E-state index is 13.0. The van der Waals surface area contributed by atoms with Gasteiger partial charge in [0.2, 0.25) is 5.91 Å². The van der Waals surface area contributed by atoms with Crippen LogP contribution in [-0.4, -0.2) is 42.0 Å². The third-order valence-electron chi connectivity index (χ3n) is 4.59. The Bertz CT molecular complexity index is 959. The predicted octanol–water partition coefficient (Wildman–Crippen LogP) is 1.52. The Morgan fingerprint density at radius 1 is 1.14 bits per heavy atom. The summed E-state index contributed by atoms with van der Waals surface area (Å²) in [5.74, 6) is -1.13. The zero-order valence-corrected chi connectivity index (χ0v) is 15.3. The van der Waals surface area contributed by atoms with Gasteiger partial charge in [0.1, 0.15) is 0 Å². The van der Waals surface area contributed by atoms with Crippen molar-refractivity contribution in [3.8, 4) is 11.5 Å². The maximum Gasteiger partial charge on any atom is 0.264 e. The number of ether oxygens (including phenoxy) is 2. The van der Waals surface area contributed by atoms with Crippen LogP contribution in [0.3, 0.4) is 0 Å². The lowest BCUT2D eigenvalue weighted by atomic mass is 10.0. The Balaban J connectivity index is 2.09. The number of fused-ring (bicyclic) bond motifs is 1. The molecule has 0 spiro atoms. The molecule has 2 aromatic carbocycles. The highest BCUT2D eigenvalue weighted by atomic mass is 16.5. The minimum Gasteiger partial charge on any atom is -0.493 e. The van der Waals surface area contributed by atoms with E-state index in [1.807, 2.05) is 0 Å². The van der Waals surface area contributed by atoms with Crippen molar-refractivity contribution >= 4 is 23.4 Å². The van der Waals surface area contributed by atoms with Crippen molar-refractivity contribution in [3.05, 3.63) is 53.1 Å². The van der Waals surface area contributed by atoms with Crippen LogP contribution in [0.1, 0.15) is 38.7 Å². The molecule has 4 N–H and O–H groups in total. The number of hydrogen-bond acceptors (Lipinski definition) is 7. The molecule has 9 nitrogen and oxygen atoms in total. The van der Waals surface area contributed by atoms with Crippen LogP contribution < -0.4 is 20.7 Å². The highest BCUT2D eigenvalue weighted by molar-refractivity contribution is 6.23. The first-order valence-electron chi connectivity index (χ1n) is 8.34. The molecule has 0 aliphatic carbocycles. The summed E-state index contributed by atoms with van der Waals surface area (Å²) in [6.07, 6.45) is -0.350. The van der Waals surface area contributed by atoms with Gasteiger partial charge in [-0.05, 0) is 29.8 Å². The normalized spacial score (nSPS) is 13.9. The van der Waals surface area contributed by atoms with Crippen LogP contribution in [0.15, 0.2) is 36.4 Å². The summed E-state index contributed by atoms with van der Waals surface area (Å²) in [4.78, 5) is 38.7. The molecule has 3 rings (SSSR count). The molecule has 28 heavy (non-hydrogen) atoms. The second-order valence-corrected chi connectivity index (χ2v) is 6.12. The summed E-state index contributed by atoms with van der Waals surface area (Å²) in [6.45, 7) is 0. The molecule has 1 unspecified atom stereocenters. The zero-order chi connectivity index (χ0) is 20.4. The minimum atomic E-state index is -0.987. The number of nitrogens with zero attached hydrogens (tertiary/aromatic N) is 1. The van der Waals surface area contributed by atoms with Crippen molar-refractivity contribution in [2.45, 2.75) is 12.5 Å². The van der Waals surface area contributed by atoms with Crippen LogP contribution in [0, 0.1) is 0 Å². The van der Waals surface area contributed by atoms with Crippen LogP contribution in [0.5, 0.6) is 11.5 Å². The number of methoxy groups -OCH3 is 2. The highest BCUT2D eigenvalue weighted by Crippen LogP contribution is 2.38. The van der Waals surface area contributed by atoms with Crippen LogP contribution in [0.2, 0.25) is 0 Å². The van der Waals surface area contributed by atoms with Crippen molar-refractivity contribution < 1.29 is 29.1 Å². The van der Waals surface area contributed by atoms with Crippen LogP contribution in [-0.2, 0) is 4.79 Å². The molecular formula is C19H19N3O6. The number of hydroxylamine groups is 1. The third-order valence-corrected chi connectivity index (χ3v) is 4.59. The molecule has 1 aliphatic rings. The largest absolute Gasteiger partial charge is 0.493 e. The van der Waals surface area contributed by atoms with Crippen LogP contribution >= 0.6 is 0 Å². The lowest BCUT2D eigenvalue weighted by Crippen LogP contribution is -2.37. The van der Waals surface area contributed by atoms with Crippen molar-refractivity contribution in [2.75, 3.05) is 20.0 Å². The van der Waals surface area contributed by atoms with Gasteiger partial charge in [0.15, 0.2) is 11.5 Å². The number of hydrogen-bond donors (Lipinski definition) is 3. The highest BCUT2D eigenvalue weighted by Gasteiger charge is 2.42. The first-order valence-corrected chi connectivity index (χ1v) is 8.34. The predicted molar refractivity (Wildman–Crippen MR) is 98.2 cm³/mol. The summed E-state index contributed by atoms with van der Waals surface area (Å²) >= 11 is 0. The Labute approximate surface area is 160 Å². The molecule has 9 heteroatoms. The van der Waals surface area contributed by atoms with Gasteiger partial charge in [0.25, 0.3) is 11.8 Å². The number of rotatable bonds is 6. The minimum absolute atomic E-state index is 0.0994. The quantitative estimate of drug-likeness (QED) is 0.297. The van der Waals surface area contributed by atoms with Gasteiger partial charge in [-0.2, -0.15) is 0 Å². The molecule has 0 bridgehead atoms. The number of anilines is 1. The fraction of sp³-hybridized carbons (Fsp3) is 0.211. The average Bonchev–Trinajstić information content (AvgIpc) is 2.96. The number of carbonyl (C=O) groups excluding carboxylic acids is 3. The Morgan fingerprint density at radius 3 is 2.46 bits per heavy atom. The second kappa shape index (κ2) is 7.57. The average molecular weight is 385 g/mol. The van der Waals surface area contributed by atoms with Gasteiger partial charge < -0.3 is 15.2 Å². The summed E-state index contributed by atoms with van der Waals surface area (Å²) in [5, 5.41) is 8.95. The molecule has 2 aromatic rings. The molecule has 1 aliphatic heterocycles. The fourth-order valence-corrected chi connectivity index (χ4v) is 3.25. The number of amides is 3. The van der Waals surface area contributed by atoms with Crippen molar-refractivity contribution in [3.63, 3.8) is 0 Å². The van der Waals surface area contributed by atoms with E-state index in [0.29, 0.717) is 17.1 Å². The van der Waals surface area contributed by atoms with E-state index in [0.717, 1.165) is 4.90 Å². The fourth-order valence-electron chi connectivity index (χ4n) is 3.25. The molecule has 0 radical (unpaired) electrons. The maximum absolute atomic E-state index is 13.0. The SMILES string of the molecule is COc1ccc(C(CC(=O)NO)N2C(=O)c3cccc(N)c3C2=O)cc1OC. The smallest absolute Gasteiger partial charge is 0.264 e. The van der Waals surface area contributed by atoms with Crippen molar-refractivity contribution in [2.24, 2.45) is 0 Å².